The van der Waals surface area contributed by atoms with Crippen molar-refractivity contribution in [3.8, 4) is 5.75 Å². The maximum atomic E-state index is 5.73. The van der Waals surface area contributed by atoms with Crippen LogP contribution in [0.3, 0.4) is 0 Å². The number of hydrogen-bond donors (Lipinski definition) is 1. The van der Waals surface area contributed by atoms with Gasteiger partial charge < -0.3 is 15.0 Å². The van der Waals surface area contributed by atoms with Gasteiger partial charge in [-0.1, -0.05) is 12.1 Å². The molecule has 106 valence electrons. The maximum Gasteiger partial charge on any atom is 0.121 e. The van der Waals surface area contributed by atoms with Gasteiger partial charge in [-0.2, -0.15) is 0 Å². The number of aromatic nitrogens is 1. The van der Waals surface area contributed by atoms with E-state index < -0.39 is 0 Å². The van der Waals surface area contributed by atoms with Gasteiger partial charge in [-0.25, -0.2) is 0 Å². The van der Waals surface area contributed by atoms with Crippen LogP contribution in [0.5, 0.6) is 5.75 Å². The highest BCUT2D eigenvalue weighted by Crippen LogP contribution is 2.18. The normalized spacial score (nSPS) is 10.3. The van der Waals surface area contributed by atoms with Crippen molar-refractivity contribution in [1.82, 2.24) is 10.3 Å². The van der Waals surface area contributed by atoms with Gasteiger partial charge in [-0.3, -0.25) is 4.98 Å². The van der Waals surface area contributed by atoms with Crippen molar-refractivity contribution in [2.24, 2.45) is 0 Å². The van der Waals surface area contributed by atoms with Crippen molar-refractivity contribution in [2.75, 3.05) is 32.1 Å². The number of nitrogens with zero attached hydrogens (tertiary/aromatic N) is 2. The minimum atomic E-state index is 0.650. The Morgan fingerprint density at radius 1 is 1.20 bits per heavy atom. The first kappa shape index (κ1) is 14.3. The van der Waals surface area contributed by atoms with Gasteiger partial charge in [0.2, 0.25) is 0 Å². The van der Waals surface area contributed by atoms with E-state index in [0.717, 1.165) is 24.5 Å². The third-order valence-electron chi connectivity index (χ3n) is 2.93. The molecule has 0 fully saturated rings. The van der Waals surface area contributed by atoms with E-state index in [9.17, 15) is 0 Å². The summed E-state index contributed by atoms with van der Waals surface area (Å²) in [5, 5.41) is 3.33. The number of anilines is 1. The minimum absolute atomic E-state index is 0.650. The Kier molecular flexibility index (Phi) is 5.38. The SMILES string of the molecule is CN(C)c1cccc(OCCNCc2cccnc2)c1. The first-order chi connectivity index (χ1) is 9.75. The van der Waals surface area contributed by atoms with Crippen LogP contribution in [0.2, 0.25) is 0 Å². The Morgan fingerprint density at radius 2 is 2.10 bits per heavy atom. The lowest BCUT2D eigenvalue weighted by atomic mass is 10.3. The number of pyridine rings is 1. The molecule has 0 bridgehead atoms. The van der Waals surface area contributed by atoms with E-state index in [2.05, 4.69) is 27.3 Å². The van der Waals surface area contributed by atoms with Crippen molar-refractivity contribution in [2.45, 2.75) is 6.54 Å². The van der Waals surface area contributed by atoms with Crippen LogP contribution in [0.25, 0.3) is 0 Å². The molecule has 20 heavy (non-hydrogen) atoms. The highest BCUT2D eigenvalue weighted by molar-refractivity contribution is 5.49. The molecule has 1 heterocycles. The second-order valence-electron chi connectivity index (χ2n) is 4.78. The summed E-state index contributed by atoms with van der Waals surface area (Å²) in [7, 11) is 4.04. The van der Waals surface area contributed by atoms with Crippen LogP contribution in [0, 0.1) is 0 Å². The predicted octanol–water partition coefficient (Wildman–Crippen LogP) is 2.32. The van der Waals surface area contributed by atoms with E-state index in [1.807, 2.05) is 44.6 Å². The van der Waals surface area contributed by atoms with Gasteiger partial charge in [0.15, 0.2) is 0 Å². The molecule has 0 saturated heterocycles. The van der Waals surface area contributed by atoms with Crippen LogP contribution in [0.15, 0.2) is 48.8 Å². The first-order valence-electron chi connectivity index (χ1n) is 6.75. The fourth-order valence-corrected chi connectivity index (χ4v) is 1.83. The van der Waals surface area contributed by atoms with Crippen molar-refractivity contribution in [3.63, 3.8) is 0 Å². The second-order valence-corrected chi connectivity index (χ2v) is 4.78. The molecule has 0 aliphatic heterocycles. The molecule has 1 aromatic carbocycles. The van der Waals surface area contributed by atoms with Crippen LogP contribution in [0.4, 0.5) is 5.69 Å². The minimum Gasteiger partial charge on any atom is -0.492 e. The van der Waals surface area contributed by atoms with Crippen molar-refractivity contribution >= 4 is 5.69 Å². The van der Waals surface area contributed by atoms with Gasteiger partial charge in [-0.05, 0) is 23.8 Å². The zero-order chi connectivity index (χ0) is 14.2. The van der Waals surface area contributed by atoms with Crippen molar-refractivity contribution in [3.05, 3.63) is 54.4 Å². The molecule has 1 aromatic heterocycles. The van der Waals surface area contributed by atoms with Crippen LogP contribution in [0.1, 0.15) is 5.56 Å². The van der Waals surface area contributed by atoms with E-state index in [0.29, 0.717) is 6.61 Å². The molecule has 0 aliphatic rings. The van der Waals surface area contributed by atoms with E-state index in [4.69, 9.17) is 4.74 Å². The third-order valence-corrected chi connectivity index (χ3v) is 2.93. The molecule has 0 saturated carbocycles. The fraction of sp³-hybridized carbons (Fsp3) is 0.312. The quantitative estimate of drug-likeness (QED) is 0.784. The van der Waals surface area contributed by atoms with Crippen LogP contribution >= 0.6 is 0 Å². The largest absolute Gasteiger partial charge is 0.492 e. The molecular formula is C16H21N3O. The summed E-state index contributed by atoms with van der Waals surface area (Å²) < 4.78 is 5.73. The lowest BCUT2D eigenvalue weighted by Gasteiger charge is -2.14. The Balaban J connectivity index is 1.69. The Labute approximate surface area is 120 Å². The Hall–Kier alpha value is -2.07. The predicted molar refractivity (Wildman–Crippen MR) is 82.2 cm³/mol. The van der Waals surface area contributed by atoms with Gasteiger partial charge in [0.1, 0.15) is 12.4 Å². The summed E-state index contributed by atoms with van der Waals surface area (Å²) in [4.78, 5) is 6.14. The number of hydrogen-bond acceptors (Lipinski definition) is 4. The summed E-state index contributed by atoms with van der Waals surface area (Å²) in [6.45, 7) is 2.27. The lowest BCUT2D eigenvalue weighted by molar-refractivity contribution is 0.313. The average molecular weight is 271 g/mol. The van der Waals surface area contributed by atoms with Gasteiger partial charge in [0.25, 0.3) is 0 Å². The highest BCUT2D eigenvalue weighted by Gasteiger charge is 1.98. The summed E-state index contributed by atoms with van der Waals surface area (Å²) in [6, 6.07) is 12.1. The molecule has 0 spiro atoms. The first-order valence-corrected chi connectivity index (χ1v) is 6.75. The summed E-state index contributed by atoms with van der Waals surface area (Å²) in [6.07, 6.45) is 3.65. The zero-order valence-electron chi connectivity index (χ0n) is 12.0. The fourth-order valence-electron chi connectivity index (χ4n) is 1.83. The summed E-state index contributed by atoms with van der Waals surface area (Å²) >= 11 is 0. The van der Waals surface area contributed by atoms with Crippen LogP contribution in [-0.4, -0.2) is 32.2 Å². The van der Waals surface area contributed by atoms with E-state index in [-0.39, 0.29) is 0 Å². The number of benzene rings is 1. The molecule has 4 nitrogen and oxygen atoms in total. The van der Waals surface area contributed by atoms with E-state index in [1.54, 1.807) is 6.20 Å². The highest BCUT2D eigenvalue weighted by atomic mass is 16.5. The molecule has 0 aliphatic carbocycles. The molecule has 1 N–H and O–H groups in total. The molecule has 0 radical (unpaired) electrons. The molecule has 0 atom stereocenters. The van der Waals surface area contributed by atoms with Gasteiger partial charge in [0, 0.05) is 51.3 Å². The van der Waals surface area contributed by atoms with E-state index >= 15 is 0 Å². The summed E-state index contributed by atoms with van der Waals surface area (Å²) in [5.74, 6) is 0.902. The lowest BCUT2D eigenvalue weighted by Crippen LogP contribution is -2.20. The molecule has 4 heteroatoms. The standard InChI is InChI=1S/C16H21N3O/c1-19(2)15-6-3-7-16(11-15)20-10-9-18-13-14-5-4-8-17-12-14/h3-8,11-12,18H,9-10,13H2,1-2H3. The number of nitrogens with one attached hydrogen (secondary N) is 1. The smallest absolute Gasteiger partial charge is 0.121 e. The van der Waals surface area contributed by atoms with Crippen molar-refractivity contribution in [1.29, 1.82) is 0 Å². The Bertz CT molecular complexity index is 514. The molecule has 2 aromatic rings. The van der Waals surface area contributed by atoms with Crippen molar-refractivity contribution < 1.29 is 4.74 Å². The Morgan fingerprint density at radius 3 is 2.85 bits per heavy atom. The van der Waals surface area contributed by atoms with Crippen LogP contribution < -0.4 is 15.0 Å². The molecule has 2 rings (SSSR count). The van der Waals surface area contributed by atoms with Gasteiger partial charge in [0.05, 0.1) is 0 Å². The van der Waals surface area contributed by atoms with Gasteiger partial charge >= 0.3 is 0 Å². The second kappa shape index (κ2) is 7.50. The molecule has 0 unspecified atom stereocenters. The zero-order valence-corrected chi connectivity index (χ0v) is 12.0. The number of rotatable bonds is 7. The molecular weight excluding hydrogens is 250 g/mol. The van der Waals surface area contributed by atoms with Crippen LogP contribution in [-0.2, 0) is 6.54 Å². The maximum absolute atomic E-state index is 5.73. The van der Waals surface area contributed by atoms with E-state index in [1.165, 1.54) is 5.56 Å². The molecule has 0 amide bonds. The monoisotopic (exact) mass is 271 g/mol. The topological polar surface area (TPSA) is 37.4 Å². The summed E-state index contributed by atoms with van der Waals surface area (Å²) in [5.41, 5.74) is 2.33. The number of ether oxygens (including phenoxy) is 1. The van der Waals surface area contributed by atoms with Gasteiger partial charge in [-0.15, -0.1) is 0 Å². The average Bonchev–Trinajstić information content (AvgIpc) is 2.48. The third kappa shape index (κ3) is 4.55.